The third-order valence-electron chi connectivity index (χ3n) is 3.75. The van der Waals surface area contributed by atoms with Crippen molar-refractivity contribution in [3.8, 4) is 5.75 Å². The number of carbonyl (C=O) groups is 3. The zero-order valence-electron chi connectivity index (χ0n) is 15.6. The number of amides is 2. The molecule has 150 valence electrons. The zero-order valence-corrected chi connectivity index (χ0v) is 15.6. The van der Waals surface area contributed by atoms with E-state index >= 15 is 0 Å². The van der Waals surface area contributed by atoms with Gasteiger partial charge in [0.15, 0.2) is 6.10 Å². The standard InChI is InChI=1S/C18H26N2O7/c1-11(2)9-20(10-15(21)17(24)25)18(26)19-14(8-16(22)23)12-4-6-13(27-3)7-5-12/h4-7,11,14-15,21H,8-10H2,1-3H3,(H,19,26)(H,22,23)(H,24,25). The highest BCUT2D eigenvalue weighted by Crippen LogP contribution is 2.21. The average Bonchev–Trinajstić information content (AvgIpc) is 2.59. The summed E-state index contributed by atoms with van der Waals surface area (Å²) in [6.07, 6.45) is -2.08. The quantitative estimate of drug-likeness (QED) is 0.479. The summed E-state index contributed by atoms with van der Waals surface area (Å²) in [6.45, 7) is 3.48. The fourth-order valence-electron chi connectivity index (χ4n) is 2.47. The molecule has 4 N–H and O–H groups in total. The molecular weight excluding hydrogens is 356 g/mol. The number of aliphatic hydroxyl groups is 1. The molecule has 0 aliphatic carbocycles. The number of hydrogen-bond donors (Lipinski definition) is 4. The monoisotopic (exact) mass is 382 g/mol. The van der Waals surface area contributed by atoms with Crippen molar-refractivity contribution in [1.82, 2.24) is 10.2 Å². The van der Waals surface area contributed by atoms with Crippen LogP contribution in [0, 0.1) is 5.92 Å². The van der Waals surface area contributed by atoms with E-state index in [2.05, 4.69) is 5.32 Å². The number of carboxylic acids is 2. The van der Waals surface area contributed by atoms with Gasteiger partial charge in [-0.15, -0.1) is 0 Å². The third kappa shape index (κ3) is 7.53. The molecule has 0 aliphatic heterocycles. The number of methoxy groups -OCH3 is 1. The van der Waals surface area contributed by atoms with Gasteiger partial charge in [0, 0.05) is 6.54 Å². The number of carboxylic acid groups (broad SMARTS) is 2. The third-order valence-corrected chi connectivity index (χ3v) is 3.75. The number of nitrogens with one attached hydrogen (secondary N) is 1. The number of aliphatic hydroxyl groups excluding tert-OH is 1. The van der Waals surface area contributed by atoms with E-state index in [1.165, 1.54) is 12.0 Å². The van der Waals surface area contributed by atoms with Crippen molar-refractivity contribution < 1.29 is 34.4 Å². The lowest BCUT2D eigenvalue weighted by molar-refractivity contribution is -0.147. The molecule has 1 aromatic rings. The van der Waals surface area contributed by atoms with Crippen molar-refractivity contribution in [2.75, 3.05) is 20.2 Å². The van der Waals surface area contributed by atoms with Crippen LogP contribution in [0.3, 0.4) is 0 Å². The maximum atomic E-state index is 12.6. The molecule has 0 spiro atoms. The molecule has 2 unspecified atom stereocenters. The summed E-state index contributed by atoms with van der Waals surface area (Å²) in [5.74, 6) is -1.92. The van der Waals surface area contributed by atoms with Crippen LogP contribution in [0.5, 0.6) is 5.75 Å². The molecule has 0 saturated carbocycles. The Morgan fingerprint density at radius 1 is 1.11 bits per heavy atom. The number of rotatable bonds is 10. The minimum absolute atomic E-state index is 0.0238. The van der Waals surface area contributed by atoms with E-state index in [4.69, 9.17) is 14.9 Å². The van der Waals surface area contributed by atoms with Crippen LogP contribution in [0.1, 0.15) is 31.9 Å². The van der Waals surface area contributed by atoms with Crippen molar-refractivity contribution in [2.24, 2.45) is 5.92 Å². The lowest BCUT2D eigenvalue weighted by Gasteiger charge is -2.28. The molecule has 1 rings (SSSR count). The molecule has 9 heteroatoms. The van der Waals surface area contributed by atoms with Crippen molar-refractivity contribution in [3.05, 3.63) is 29.8 Å². The van der Waals surface area contributed by atoms with Gasteiger partial charge in [-0.2, -0.15) is 0 Å². The van der Waals surface area contributed by atoms with E-state index in [0.29, 0.717) is 11.3 Å². The Morgan fingerprint density at radius 2 is 1.70 bits per heavy atom. The molecule has 0 bridgehead atoms. The Kier molecular flexibility index (Phi) is 8.53. The molecule has 2 atom stereocenters. The summed E-state index contributed by atoms with van der Waals surface area (Å²) < 4.78 is 5.06. The fraction of sp³-hybridized carbons (Fsp3) is 0.500. The molecule has 2 amide bonds. The van der Waals surface area contributed by atoms with Gasteiger partial charge in [0.25, 0.3) is 0 Å². The lowest BCUT2D eigenvalue weighted by atomic mass is 10.0. The summed E-state index contributed by atoms with van der Waals surface area (Å²) in [4.78, 5) is 35.9. The number of carbonyl (C=O) groups excluding carboxylic acids is 1. The topological polar surface area (TPSA) is 136 Å². The largest absolute Gasteiger partial charge is 0.497 e. The van der Waals surface area contributed by atoms with Gasteiger partial charge >= 0.3 is 18.0 Å². The van der Waals surface area contributed by atoms with E-state index in [1.54, 1.807) is 24.3 Å². The average molecular weight is 382 g/mol. The second-order valence-corrected chi connectivity index (χ2v) is 6.53. The highest BCUT2D eigenvalue weighted by Gasteiger charge is 2.26. The number of urea groups is 1. The zero-order chi connectivity index (χ0) is 20.6. The van der Waals surface area contributed by atoms with Gasteiger partial charge in [-0.3, -0.25) is 4.79 Å². The van der Waals surface area contributed by atoms with E-state index in [0.717, 1.165) is 0 Å². The second-order valence-electron chi connectivity index (χ2n) is 6.53. The summed E-state index contributed by atoms with van der Waals surface area (Å²) in [6, 6.07) is 5.12. The molecule has 9 nitrogen and oxygen atoms in total. The Hall–Kier alpha value is -2.81. The van der Waals surface area contributed by atoms with Crippen molar-refractivity contribution in [2.45, 2.75) is 32.4 Å². The van der Waals surface area contributed by atoms with Crippen molar-refractivity contribution in [1.29, 1.82) is 0 Å². The predicted molar refractivity (Wildman–Crippen MR) is 96.6 cm³/mol. The second kappa shape index (κ2) is 10.4. The van der Waals surface area contributed by atoms with Gasteiger partial charge in [0.2, 0.25) is 0 Å². The van der Waals surface area contributed by atoms with Crippen LogP contribution in [-0.4, -0.2) is 64.5 Å². The Bertz CT molecular complexity index is 646. The summed E-state index contributed by atoms with van der Waals surface area (Å²) in [5.41, 5.74) is 0.565. The molecule has 0 aromatic heterocycles. The SMILES string of the molecule is COc1ccc(C(CC(=O)O)NC(=O)N(CC(C)C)CC(O)C(=O)O)cc1. The summed E-state index contributed by atoms with van der Waals surface area (Å²) >= 11 is 0. The molecule has 0 saturated heterocycles. The Balaban J connectivity index is 2.98. The molecule has 0 radical (unpaired) electrons. The summed E-state index contributed by atoms with van der Waals surface area (Å²) in [7, 11) is 1.50. The van der Waals surface area contributed by atoms with Crippen LogP contribution in [0.2, 0.25) is 0 Å². The number of benzene rings is 1. The number of ether oxygens (including phenoxy) is 1. The van der Waals surface area contributed by atoms with Gasteiger partial charge in [-0.05, 0) is 23.6 Å². The first kappa shape index (κ1) is 22.2. The highest BCUT2D eigenvalue weighted by molar-refractivity contribution is 5.78. The van der Waals surface area contributed by atoms with E-state index in [1.807, 2.05) is 13.8 Å². The van der Waals surface area contributed by atoms with Gasteiger partial charge < -0.3 is 30.3 Å². The maximum absolute atomic E-state index is 12.6. The number of hydrogen-bond acceptors (Lipinski definition) is 5. The van der Waals surface area contributed by atoms with Crippen LogP contribution in [0.15, 0.2) is 24.3 Å². The summed E-state index contributed by atoms with van der Waals surface area (Å²) in [5, 5.41) is 30.2. The van der Waals surface area contributed by atoms with Gasteiger partial charge in [0.1, 0.15) is 5.75 Å². The van der Waals surface area contributed by atoms with Crippen LogP contribution in [0.25, 0.3) is 0 Å². The van der Waals surface area contributed by atoms with E-state index in [9.17, 15) is 19.5 Å². The van der Waals surface area contributed by atoms with Crippen LogP contribution < -0.4 is 10.1 Å². The lowest BCUT2D eigenvalue weighted by Crippen LogP contribution is -2.48. The molecule has 0 fully saturated rings. The van der Waals surface area contributed by atoms with Crippen LogP contribution in [0.4, 0.5) is 4.79 Å². The molecular formula is C18H26N2O7. The molecule has 0 heterocycles. The van der Waals surface area contributed by atoms with E-state index < -0.39 is 36.7 Å². The van der Waals surface area contributed by atoms with E-state index in [-0.39, 0.29) is 18.9 Å². The van der Waals surface area contributed by atoms with Gasteiger partial charge in [-0.1, -0.05) is 26.0 Å². The minimum atomic E-state index is -1.73. The first-order valence-corrected chi connectivity index (χ1v) is 8.46. The highest BCUT2D eigenvalue weighted by atomic mass is 16.5. The molecule has 0 aliphatic rings. The number of aliphatic carboxylic acids is 2. The smallest absolute Gasteiger partial charge is 0.334 e. The fourth-order valence-corrected chi connectivity index (χ4v) is 2.47. The molecule has 1 aromatic carbocycles. The minimum Gasteiger partial charge on any atom is -0.497 e. The van der Waals surface area contributed by atoms with Gasteiger partial charge in [0.05, 0.1) is 26.1 Å². The van der Waals surface area contributed by atoms with Crippen LogP contribution in [-0.2, 0) is 9.59 Å². The number of nitrogens with zero attached hydrogens (tertiary/aromatic N) is 1. The Labute approximate surface area is 157 Å². The predicted octanol–water partition coefficient (Wildman–Crippen LogP) is 1.32. The normalized spacial score (nSPS) is 12.9. The van der Waals surface area contributed by atoms with Crippen molar-refractivity contribution in [3.63, 3.8) is 0 Å². The van der Waals surface area contributed by atoms with Gasteiger partial charge in [-0.25, -0.2) is 9.59 Å². The maximum Gasteiger partial charge on any atom is 0.334 e. The first-order chi connectivity index (χ1) is 12.6. The first-order valence-electron chi connectivity index (χ1n) is 8.46. The van der Waals surface area contributed by atoms with Crippen molar-refractivity contribution >= 4 is 18.0 Å². The van der Waals surface area contributed by atoms with Crippen LogP contribution >= 0.6 is 0 Å². The Morgan fingerprint density at radius 3 is 2.15 bits per heavy atom. The molecule has 27 heavy (non-hydrogen) atoms.